The number of carbonyl (C=O) groups is 1. The minimum Gasteiger partial charge on any atom is -0.512 e. The van der Waals surface area contributed by atoms with Gasteiger partial charge in [-0.1, -0.05) is 123 Å². The van der Waals surface area contributed by atoms with E-state index in [1.165, 1.54) is 53.3 Å². The number of benzene rings is 3. The van der Waals surface area contributed by atoms with Crippen LogP contribution in [-0.2, 0) is 31.3 Å². The van der Waals surface area contributed by atoms with Gasteiger partial charge in [-0.05, 0) is 71.0 Å². The molecule has 3 aromatic carbocycles. The first-order valence-electron chi connectivity index (χ1n) is 18.8. The smallest absolute Gasteiger partial charge is 0.162 e. The van der Waals surface area contributed by atoms with Gasteiger partial charge < -0.3 is 5.11 Å². The van der Waals surface area contributed by atoms with Gasteiger partial charge in [0.15, 0.2) is 5.78 Å². The molecule has 277 valence electrons. The number of thiophene rings is 1. The molecule has 0 fully saturated rings. The third-order valence-corrected chi connectivity index (χ3v) is 13.0. The minimum absolute atomic E-state index is 0. The quantitative estimate of drug-likeness (QED) is 0.0622. The van der Waals surface area contributed by atoms with Crippen LogP contribution in [0.1, 0.15) is 105 Å². The van der Waals surface area contributed by atoms with Crippen LogP contribution in [0.4, 0.5) is 0 Å². The predicted octanol–water partition coefficient (Wildman–Crippen LogP) is 13.2. The number of aromatic nitrogens is 1. The van der Waals surface area contributed by atoms with Gasteiger partial charge in [0.2, 0.25) is 0 Å². The standard InChI is InChI=1S/C32H36NSSi.C13H24O2.Ir/c1-20(2)26-17-23(16-22-11-9-10-12-24(22)26)30-31-29(28(19-33-30)35(6,7)8)25-14-13-21(15-27(25)34-31)18-32(3,4)5;1-5-10(6-2)12(14)9-13(15)11(7-3)8-4;/h9-15,17,19-20H,18H2,1-8H3;9-11,14H,5-8H2,1-4H3;/q-1;;/b;12-9-;. The summed E-state index contributed by atoms with van der Waals surface area (Å²) in [5.74, 6) is 0.985. The number of carbonyl (C=O) groups excluding carboxylic acids is 1. The Morgan fingerprint density at radius 1 is 0.922 bits per heavy atom. The topological polar surface area (TPSA) is 50.2 Å². The van der Waals surface area contributed by atoms with Gasteiger partial charge in [0, 0.05) is 59.3 Å². The van der Waals surface area contributed by atoms with Crippen LogP contribution in [0, 0.1) is 23.3 Å². The first-order valence-corrected chi connectivity index (χ1v) is 23.1. The van der Waals surface area contributed by atoms with Crippen molar-refractivity contribution in [3.8, 4) is 11.3 Å². The number of ketones is 1. The number of aliphatic hydroxyl groups is 1. The van der Waals surface area contributed by atoms with E-state index in [4.69, 9.17) is 4.98 Å². The Labute approximate surface area is 326 Å². The van der Waals surface area contributed by atoms with E-state index in [1.54, 1.807) is 0 Å². The third-order valence-electron chi connectivity index (χ3n) is 9.87. The molecule has 5 aromatic rings. The molecule has 0 unspecified atom stereocenters. The molecule has 2 aromatic heterocycles. The summed E-state index contributed by atoms with van der Waals surface area (Å²) in [7, 11) is -1.59. The van der Waals surface area contributed by atoms with E-state index in [0.717, 1.165) is 43.4 Å². The average molecular weight is 899 g/mol. The number of aliphatic hydroxyl groups excluding tert-OH is 1. The van der Waals surface area contributed by atoms with Crippen LogP contribution in [-0.4, -0.2) is 23.9 Å². The third kappa shape index (κ3) is 10.3. The van der Waals surface area contributed by atoms with E-state index in [1.807, 2.05) is 39.0 Å². The summed E-state index contributed by atoms with van der Waals surface area (Å²) in [5, 5.41) is 16.5. The van der Waals surface area contributed by atoms with Gasteiger partial charge in [0.1, 0.15) is 0 Å². The Hall–Kier alpha value is -2.63. The van der Waals surface area contributed by atoms with Crippen molar-refractivity contribution in [2.24, 2.45) is 17.3 Å². The SMILES string of the molecule is CC(C)c1cc(-c2ncc([Si](C)(C)C)c3c2sc2cc(CC(C)(C)C)ccc23)[c-]c2ccccc12.CCC(CC)C(=O)/C=C(\O)C(CC)CC.[Ir]. The number of rotatable bonds is 11. The average Bonchev–Trinajstić information content (AvgIpc) is 3.42. The second-order valence-electron chi connectivity index (χ2n) is 16.5. The van der Waals surface area contributed by atoms with Gasteiger partial charge in [-0.3, -0.25) is 9.78 Å². The van der Waals surface area contributed by atoms with E-state index in [0.29, 0.717) is 5.92 Å². The number of nitrogens with zero attached hydrogens (tertiary/aromatic N) is 1. The van der Waals surface area contributed by atoms with Gasteiger partial charge in [-0.25, -0.2) is 0 Å². The first kappa shape index (κ1) is 42.8. The van der Waals surface area contributed by atoms with Crippen molar-refractivity contribution in [2.75, 3.05) is 0 Å². The fraction of sp³-hybridized carbons (Fsp3) is 0.467. The second kappa shape index (κ2) is 17.9. The van der Waals surface area contributed by atoms with E-state index in [9.17, 15) is 9.90 Å². The van der Waals surface area contributed by atoms with Crippen LogP contribution in [0.5, 0.6) is 0 Å². The first-order chi connectivity index (χ1) is 23.5. The summed E-state index contributed by atoms with van der Waals surface area (Å²) in [5.41, 5.74) is 5.25. The summed E-state index contributed by atoms with van der Waals surface area (Å²) in [6.07, 6.45) is 8.17. The Kier molecular flexibility index (Phi) is 15.0. The van der Waals surface area contributed by atoms with Crippen LogP contribution in [0.25, 0.3) is 42.2 Å². The molecule has 1 radical (unpaired) electrons. The number of hydrogen-bond acceptors (Lipinski definition) is 4. The van der Waals surface area contributed by atoms with Crippen LogP contribution >= 0.6 is 11.3 Å². The molecular weight excluding hydrogens is 839 g/mol. The number of hydrogen-bond donors (Lipinski definition) is 1. The molecule has 51 heavy (non-hydrogen) atoms. The molecule has 0 amide bonds. The van der Waals surface area contributed by atoms with Gasteiger partial charge in [-0.2, -0.15) is 0 Å². The van der Waals surface area contributed by atoms with Gasteiger partial charge in [0.05, 0.1) is 13.8 Å². The monoisotopic (exact) mass is 899 g/mol. The minimum atomic E-state index is -1.59. The molecule has 0 aliphatic rings. The van der Waals surface area contributed by atoms with E-state index >= 15 is 0 Å². The number of pyridine rings is 1. The van der Waals surface area contributed by atoms with Crippen molar-refractivity contribution in [3.05, 3.63) is 83.8 Å². The maximum Gasteiger partial charge on any atom is 0.162 e. The Morgan fingerprint density at radius 3 is 2.12 bits per heavy atom. The molecule has 0 atom stereocenters. The Bertz CT molecular complexity index is 1970. The fourth-order valence-corrected chi connectivity index (χ4v) is 9.80. The Balaban J connectivity index is 0.000000374. The second-order valence-corrected chi connectivity index (χ2v) is 22.6. The van der Waals surface area contributed by atoms with Crippen molar-refractivity contribution < 1.29 is 30.0 Å². The van der Waals surface area contributed by atoms with Crippen molar-refractivity contribution in [1.82, 2.24) is 4.98 Å². The maximum atomic E-state index is 11.7. The normalized spacial score (nSPS) is 12.6. The molecule has 0 saturated heterocycles. The van der Waals surface area contributed by atoms with Gasteiger partial charge in [-0.15, -0.1) is 40.5 Å². The summed E-state index contributed by atoms with van der Waals surface area (Å²) >= 11 is 1.91. The van der Waals surface area contributed by atoms with Crippen molar-refractivity contribution in [2.45, 2.75) is 120 Å². The van der Waals surface area contributed by atoms with Crippen LogP contribution in [0.15, 0.2) is 66.6 Å². The van der Waals surface area contributed by atoms with Crippen LogP contribution < -0.4 is 5.19 Å². The largest absolute Gasteiger partial charge is 0.512 e. The summed E-state index contributed by atoms with van der Waals surface area (Å²) in [4.78, 5) is 16.9. The van der Waals surface area contributed by atoms with Crippen LogP contribution in [0.3, 0.4) is 0 Å². The molecule has 2 heterocycles. The Morgan fingerprint density at radius 2 is 1.55 bits per heavy atom. The van der Waals surface area contributed by atoms with Crippen molar-refractivity contribution in [3.63, 3.8) is 0 Å². The number of allylic oxidation sites excluding steroid dienone is 2. The zero-order valence-electron chi connectivity index (χ0n) is 33.1. The van der Waals surface area contributed by atoms with Gasteiger partial charge >= 0.3 is 0 Å². The van der Waals surface area contributed by atoms with Crippen molar-refractivity contribution >= 4 is 61.3 Å². The van der Waals surface area contributed by atoms with Crippen molar-refractivity contribution in [1.29, 1.82) is 0 Å². The summed E-state index contributed by atoms with van der Waals surface area (Å²) < 4.78 is 2.69. The summed E-state index contributed by atoms with van der Waals surface area (Å²) in [6.45, 7) is 26.9. The van der Waals surface area contributed by atoms with Crippen LogP contribution in [0.2, 0.25) is 19.6 Å². The molecule has 5 rings (SSSR count). The number of fused-ring (bicyclic) bond motifs is 4. The maximum absolute atomic E-state index is 11.7. The zero-order valence-corrected chi connectivity index (χ0v) is 37.3. The molecule has 0 bridgehead atoms. The predicted molar refractivity (Wildman–Crippen MR) is 223 cm³/mol. The zero-order chi connectivity index (χ0) is 37.0. The molecule has 0 aliphatic carbocycles. The molecule has 0 spiro atoms. The van der Waals surface area contributed by atoms with E-state index in [-0.39, 0.29) is 48.9 Å². The molecule has 6 heteroatoms. The van der Waals surface area contributed by atoms with E-state index in [2.05, 4.69) is 115 Å². The summed E-state index contributed by atoms with van der Waals surface area (Å²) in [6, 6.07) is 21.8. The van der Waals surface area contributed by atoms with E-state index < -0.39 is 8.07 Å². The molecule has 0 aliphatic heterocycles. The molecular formula is C45H60IrNO2SSi-. The molecule has 0 saturated carbocycles. The molecule has 3 nitrogen and oxygen atoms in total. The van der Waals surface area contributed by atoms with Gasteiger partial charge in [0.25, 0.3) is 0 Å². The fourth-order valence-electron chi connectivity index (χ4n) is 6.95. The molecule has 1 N–H and O–H groups in total.